The van der Waals surface area contributed by atoms with Crippen LogP contribution in [0.5, 0.6) is 0 Å². The average Bonchev–Trinajstić information content (AvgIpc) is 2.31. The summed E-state index contributed by atoms with van der Waals surface area (Å²) in [6.07, 6.45) is 0. The van der Waals surface area contributed by atoms with E-state index in [1.54, 1.807) is 0 Å². The molecule has 0 bridgehead atoms. The zero-order chi connectivity index (χ0) is 15.1. The number of halogens is 1. The molecule has 1 aromatic carbocycles. The van der Waals surface area contributed by atoms with Gasteiger partial charge in [-0.05, 0) is 43.6 Å². The first-order valence-electron chi connectivity index (χ1n) is 7.19. The Morgan fingerprint density at radius 1 is 1.40 bits per heavy atom. The first-order chi connectivity index (χ1) is 9.38. The molecular weight excluding hydrogens is 312 g/mol. The van der Waals surface area contributed by atoms with E-state index in [1.807, 2.05) is 0 Å². The predicted molar refractivity (Wildman–Crippen MR) is 91.8 cm³/mol. The molecule has 0 amide bonds. The molecule has 1 aromatic rings. The van der Waals surface area contributed by atoms with Crippen LogP contribution < -0.4 is 5.32 Å². The average molecular weight is 339 g/mol. The first kappa shape index (κ1) is 17.4. The van der Waals surface area contributed by atoms with Gasteiger partial charge in [-0.15, -0.1) is 0 Å². The largest absolute Gasteiger partial charge is 0.312 e. The summed E-state index contributed by atoms with van der Waals surface area (Å²) in [7, 11) is 2.12. The number of nitrogens with zero attached hydrogens (tertiary/aromatic N) is 1. The van der Waals surface area contributed by atoms with Crippen molar-refractivity contribution < 1.29 is 0 Å². The normalized spacial score (nSPS) is 11.3. The van der Waals surface area contributed by atoms with Gasteiger partial charge in [0, 0.05) is 24.1 Å². The number of hydrogen-bond acceptors (Lipinski definition) is 2. The van der Waals surface area contributed by atoms with Crippen LogP contribution in [-0.4, -0.2) is 25.0 Å². The van der Waals surface area contributed by atoms with Gasteiger partial charge in [-0.3, -0.25) is 4.90 Å². The van der Waals surface area contributed by atoms with Crippen LogP contribution in [0.2, 0.25) is 0 Å². The van der Waals surface area contributed by atoms with Gasteiger partial charge in [-0.1, -0.05) is 54.1 Å². The van der Waals surface area contributed by atoms with E-state index in [0.717, 1.165) is 26.2 Å². The Hall–Kier alpha value is -0.640. The van der Waals surface area contributed by atoms with Crippen LogP contribution in [0.4, 0.5) is 0 Å². The Morgan fingerprint density at radius 3 is 2.65 bits per heavy atom. The summed E-state index contributed by atoms with van der Waals surface area (Å²) in [5.41, 5.74) is 3.84. The van der Waals surface area contributed by atoms with Crippen molar-refractivity contribution in [2.45, 2.75) is 33.9 Å². The van der Waals surface area contributed by atoms with Crippen LogP contribution in [0.15, 0.2) is 34.8 Å². The molecule has 0 spiro atoms. The molecule has 0 saturated carbocycles. The van der Waals surface area contributed by atoms with E-state index in [-0.39, 0.29) is 0 Å². The van der Waals surface area contributed by atoms with E-state index in [0.29, 0.717) is 5.92 Å². The highest BCUT2D eigenvalue weighted by molar-refractivity contribution is 9.10. The second-order valence-electron chi connectivity index (χ2n) is 6.08. The highest BCUT2D eigenvalue weighted by Crippen LogP contribution is 2.20. The van der Waals surface area contributed by atoms with E-state index in [4.69, 9.17) is 0 Å². The number of benzene rings is 1. The summed E-state index contributed by atoms with van der Waals surface area (Å²) in [5, 5.41) is 3.47. The van der Waals surface area contributed by atoms with Gasteiger partial charge in [0.2, 0.25) is 0 Å². The molecule has 0 saturated heterocycles. The van der Waals surface area contributed by atoms with E-state index < -0.39 is 0 Å². The molecule has 0 aliphatic carbocycles. The van der Waals surface area contributed by atoms with Crippen LogP contribution in [0, 0.1) is 5.92 Å². The van der Waals surface area contributed by atoms with Crippen molar-refractivity contribution in [1.29, 1.82) is 0 Å². The fraction of sp³-hybridized carbons (Fsp3) is 0.529. The Bertz CT molecular complexity index is 441. The number of hydrogen-bond donors (Lipinski definition) is 1. The molecule has 20 heavy (non-hydrogen) atoms. The molecule has 0 radical (unpaired) electrons. The maximum atomic E-state index is 3.96. The second-order valence-corrected chi connectivity index (χ2v) is 6.93. The third-order valence-electron chi connectivity index (χ3n) is 2.98. The Morgan fingerprint density at radius 2 is 2.10 bits per heavy atom. The highest BCUT2D eigenvalue weighted by Gasteiger charge is 2.05. The van der Waals surface area contributed by atoms with Crippen molar-refractivity contribution >= 4 is 15.9 Å². The minimum absolute atomic E-state index is 0.688. The zero-order valence-electron chi connectivity index (χ0n) is 13.2. The SMILES string of the molecule is C=C(C)CN(C)Cc1ccc(CNCC(C)C)cc1Br. The van der Waals surface area contributed by atoms with Crippen molar-refractivity contribution in [2.24, 2.45) is 5.92 Å². The van der Waals surface area contributed by atoms with E-state index in [2.05, 4.69) is 78.7 Å². The van der Waals surface area contributed by atoms with E-state index in [1.165, 1.54) is 21.2 Å². The maximum Gasteiger partial charge on any atom is 0.0245 e. The molecule has 0 atom stereocenters. The van der Waals surface area contributed by atoms with E-state index >= 15 is 0 Å². The minimum atomic E-state index is 0.688. The van der Waals surface area contributed by atoms with Gasteiger partial charge in [0.15, 0.2) is 0 Å². The molecule has 0 aliphatic heterocycles. The third kappa shape index (κ3) is 6.69. The van der Waals surface area contributed by atoms with Gasteiger partial charge in [-0.2, -0.15) is 0 Å². The number of likely N-dealkylation sites (N-methyl/N-ethyl adjacent to an activating group) is 1. The molecule has 3 heteroatoms. The monoisotopic (exact) mass is 338 g/mol. The fourth-order valence-electron chi connectivity index (χ4n) is 2.14. The lowest BCUT2D eigenvalue weighted by molar-refractivity contribution is 0.355. The molecule has 0 fully saturated rings. The molecule has 1 N–H and O–H groups in total. The van der Waals surface area contributed by atoms with Gasteiger partial charge in [0.25, 0.3) is 0 Å². The molecule has 0 aliphatic rings. The van der Waals surface area contributed by atoms with Crippen molar-refractivity contribution in [1.82, 2.24) is 10.2 Å². The first-order valence-corrected chi connectivity index (χ1v) is 7.98. The number of rotatable bonds is 8. The minimum Gasteiger partial charge on any atom is -0.312 e. The molecule has 0 heterocycles. The van der Waals surface area contributed by atoms with Crippen LogP contribution >= 0.6 is 15.9 Å². The lowest BCUT2D eigenvalue weighted by Gasteiger charge is -2.18. The summed E-state index contributed by atoms with van der Waals surface area (Å²) >= 11 is 3.69. The van der Waals surface area contributed by atoms with Gasteiger partial charge >= 0.3 is 0 Å². The lowest BCUT2D eigenvalue weighted by atomic mass is 10.1. The Balaban J connectivity index is 2.56. The second kappa shape index (κ2) is 8.60. The van der Waals surface area contributed by atoms with Gasteiger partial charge < -0.3 is 5.32 Å². The molecule has 0 unspecified atom stereocenters. The lowest BCUT2D eigenvalue weighted by Crippen LogP contribution is -2.20. The Kier molecular flexibility index (Phi) is 7.49. The van der Waals surface area contributed by atoms with E-state index in [9.17, 15) is 0 Å². The summed E-state index contributed by atoms with van der Waals surface area (Å²) in [4.78, 5) is 2.28. The van der Waals surface area contributed by atoms with Crippen molar-refractivity contribution in [3.05, 3.63) is 46.0 Å². The van der Waals surface area contributed by atoms with Crippen LogP contribution in [0.1, 0.15) is 31.9 Å². The van der Waals surface area contributed by atoms with Gasteiger partial charge in [0.1, 0.15) is 0 Å². The molecule has 112 valence electrons. The smallest absolute Gasteiger partial charge is 0.0245 e. The summed E-state index contributed by atoms with van der Waals surface area (Å²) in [6, 6.07) is 6.64. The van der Waals surface area contributed by atoms with Gasteiger partial charge in [0.05, 0.1) is 0 Å². The van der Waals surface area contributed by atoms with Crippen molar-refractivity contribution in [3.8, 4) is 0 Å². The van der Waals surface area contributed by atoms with Crippen molar-refractivity contribution in [2.75, 3.05) is 20.1 Å². The quantitative estimate of drug-likeness (QED) is 0.714. The maximum absolute atomic E-state index is 3.96. The van der Waals surface area contributed by atoms with Crippen LogP contribution in [0.3, 0.4) is 0 Å². The summed E-state index contributed by atoms with van der Waals surface area (Å²) in [6.45, 7) is 14.3. The zero-order valence-corrected chi connectivity index (χ0v) is 14.8. The third-order valence-corrected chi connectivity index (χ3v) is 3.72. The van der Waals surface area contributed by atoms with Gasteiger partial charge in [-0.25, -0.2) is 0 Å². The topological polar surface area (TPSA) is 15.3 Å². The Labute approximate surface area is 132 Å². The summed E-state index contributed by atoms with van der Waals surface area (Å²) < 4.78 is 1.19. The highest BCUT2D eigenvalue weighted by atomic mass is 79.9. The summed E-state index contributed by atoms with van der Waals surface area (Å²) in [5.74, 6) is 0.688. The van der Waals surface area contributed by atoms with Crippen LogP contribution in [-0.2, 0) is 13.1 Å². The van der Waals surface area contributed by atoms with Crippen molar-refractivity contribution in [3.63, 3.8) is 0 Å². The van der Waals surface area contributed by atoms with Crippen LogP contribution in [0.25, 0.3) is 0 Å². The fourth-order valence-corrected chi connectivity index (χ4v) is 2.69. The number of nitrogens with one attached hydrogen (secondary N) is 1. The predicted octanol–water partition coefficient (Wildman–Crippen LogP) is 4.20. The standard InChI is InChI=1S/C17H27BrN2/c1-13(2)9-19-10-15-6-7-16(17(18)8-15)12-20(5)11-14(3)4/h6-8,13,19H,3,9-12H2,1-2,4-5H3. The molecular formula is C17H27BrN2. The molecule has 2 nitrogen and oxygen atoms in total. The molecule has 0 aromatic heterocycles. The molecule has 1 rings (SSSR count).